The van der Waals surface area contributed by atoms with E-state index >= 15 is 0 Å². The highest BCUT2D eigenvalue weighted by Crippen LogP contribution is 2.36. The van der Waals surface area contributed by atoms with Crippen LogP contribution in [0.5, 0.6) is 11.5 Å². The van der Waals surface area contributed by atoms with Gasteiger partial charge in [-0.05, 0) is 69.7 Å². The zero-order valence-corrected chi connectivity index (χ0v) is 24.9. The van der Waals surface area contributed by atoms with Gasteiger partial charge in [0.2, 0.25) is 0 Å². The number of allylic oxidation sites excluding steroid dienone is 1. The number of aromatic carboxylic acids is 1. The summed E-state index contributed by atoms with van der Waals surface area (Å²) in [6.45, 7) is 8.21. The molecule has 0 fully saturated rings. The average Bonchev–Trinajstić information content (AvgIpc) is 3.57. The number of carboxylic acid groups (broad SMARTS) is 1. The molecule has 1 atom stereocenters. The topological polar surface area (TPSA) is 130 Å². The van der Waals surface area contributed by atoms with Crippen molar-refractivity contribution in [2.75, 3.05) is 19.8 Å². The normalized spacial score (nSPS) is 14.7. The zero-order chi connectivity index (χ0) is 30.7. The molecule has 4 aromatic rings. The van der Waals surface area contributed by atoms with E-state index in [-0.39, 0.29) is 23.3 Å². The molecular weight excluding hydrogens is 572 g/mol. The number of fused-ring (bicyclic) bond motifs is 1. The first kappa shape index (κ1) is 29.6. The molecular formula is C32H30N2O8S. The van der Waals surface area contributed by atoms with Crippen LogP contribution in [-0.2, 0) is 9.53 Å². The van der Waals surface area contributed by atoms with Gasteiger partial charge in [-0.15, -0.1) is 0 Å². The van der Waals surface area contributed by atoms with E-state index in [1.165, 1.54) is 28.0 Å². The van der Waals surface area contributed by atoms with Crippen molar-refractivity contribution in [3.8, 4) is 22.8 Å². The quantitative estimate of drug-likeness (QED) is 0.262. The molecule has 0 spiro atoms. The van der Waals surface area contributed by atoms with Gasteiger partial charge >= 0.3 is 11.9 Å². The van der Waals surface area contributed by atoms with Crippen molar-refractivity contribution < 1.29 is 33.3 Å². The number of hydrogen-bond donors (Lipinski definition) is 1. The maximum Gasteiger partial charge on any atom is 0.338 e. The summed E-state index contributed by atoms with van der Waals surface area (Å²) in [5.74, 6) is 0.444. The SMILES string of the molecule is CCOC(=O)C1=C(C)N=c2s/c(=C\c3ccc(-c4ccc(C(=O)O)cc4)o3)c(=O)n2[C@@H]1c1ccc(OCC)c(OCC)c1. The van der Waals surface area contributed by atoms with E-state index < -0.39 is 18.0 Å². The summed E-state index contributed by atoms with van der Waals surface area (Å²) in [5, 5.41) is 9.16. The first-order valence-corrected chi connectivity index (χ1v) is 14.6. The van der Waals surface area contributed by atoms with Gasteiger partial charge in [-0.3, -0.25) is 9.36 Å². The molecule has 0 radical (unpaired) electrons. The molecule has 0 bridgehead atoms. The number of carbonyl (C=O) groups is 2. The Morgan fingerprint density at radius 3 is 2.40 bits per heavy atom. The van der Waals surface area contributed by atoms with Gasteiger partial charge in [0.05, 0.1) is 47.2 Å². The third-order valence-electron chi connectivity index (χ3n) is 6.72. The number of carboxylic acids is 1. The number of thiazole rings is 1. The van der Waals surface area contributed by atoms with Crippen LogP contribution in [0.25, 0.3) is 17.4 Å². The fourth-order valence-corrected chi connectivity index (χ4v) is 5.86. The van der Waals surface area contributed by atoms with Crippen LogP contribution >= 0.6 is 11.3 Å². The molecule has 5 rings (SSSR count). The Balaban J connectivity index is 1.61. The van der Waals surface area contributed by atoms with Gasteiger partial charge in [-0.1, -0.05) is 29.5 Å². The number of aromatic nitrogens is 1. The molecule has 0 saturated carbocycles. The van der Waals surface area contributed by atoms with E-state index in [9.17, 15) is 14.4 Å². The van der Waals surface area contributed by atoms with Gasteiger partial charge in [0.25, 0.3) is 5.56 Å². The molecule has 2 aromatic heterocycles. The van der Waals surface area contributed by atoms with Crippen LogP contribution < -0.4 is 24.4 Å². The minimum absolute atomic E-state index is 0.167. The highest BCUT2D eigenvalue weighted by atomic mass is 32.1. The van der Waals surface area contributed by atoms with Gasteiger partial charge in [0, 0.05) is 11.6 Å². The molecule has 3 heterocycles. The molecule has 1 aliphatic rings. The largest absolute Gasteiger partial charge is 0.490 e. The molecule has 1 aliphatic heterocycles. The van der Waals surface area contributed by atoms with E-state index in [0.717, 1.165) is 0 Å². The van der Waals surface area contributed by atoms with E-state index in [0.29, 0.717) is 62.4 Å². The third kappa shape index (κ3) is 5.89. The second-order valence-corrected chi connectivity index (χ2v) is 10.5. The summed E-state index contributed by atoms with van der Waals surface area (Å²) in [7, 11) is 0. The van der Waals surface area contributed by atoms with Crippen molar-refractivity contribution >= 4 is 29.4 Å². The van der Waals surface area contributed by atoms with E-state index in [4.69, 9.17) is 23.7 Å². The van der Waals surface area contributed by atoms with Crippen LogP contribution in [0.2, 0.25) is 0 Å². The summed E-state index contributed by atoms with van der Waals surface area (Å²) in [6.07, 6.45) is 1.63. The molecule has 10 nitrogen and oxygen atoms in total. The molecule has 0 saturated heterocycles. The zero-order valence-electron chi connectivity index (χ0n) is 24.1. The van der Waals surface area contributed by atoms with Gasteiger partial charge in [-0.25, -0.2) is 14.6 Å². The van der Waals surface area contributed by atoms with Gasteiger partial charge < -0.3 is 23.7 Å². The maximum absolute atomic E-state index is 13.9. The summed E-state index contributed by atoms with van der Waals surface area (Å²) in [4.78, 5) is 43.4. The van der Waals surface area contributed by atoms with Crippen molar-refractivity contribution in [2.45, 2.75) is 33.7 Å². The first-order valence-electron chi connectivity index (χ1n) is 13.8. The molecule has 2 aromatic carbocycles. The lowest BCUT2D eigenvalue weighted by Crippen LogP contribution is -2.40. The Hall–Kier alpha value is -4.90. The minimum atomic E-state index is -1.01. The fourth-order valence-electron chi connectivity index (χ4n) is 4.84. The smallest absolute Gasteiger partial charge is 0.338 e. The Kier molecular flexibility index (Phi) is 8.63. The summed E-state index contributed by atoms with van der Waals surface area (Å²) < 4.78 is 24.8. The van der Waals surface area contributed by atoms with Crippen molar-refractivity contribution in [1.82, 2.24) is 4.57 Å². The van der Waals surface area contributed by atoms with Gasteiger partial charge in [0.15, 0.2) is 16.3 Å². The number of hydrogen-bond acceptors (Lipinski definition) is 9. The second-order valence-electron chi connectivity index (χ2n) is 9.46. The van der Waals surface area contributed by atoms with Crippen molar-refractivity contribution in [2.24, 2.45) is 4.99 Å². The number of rotatable bonds is 10. The molecule has 1 N–H and O–H groups in total. The highest BCUT2D eigenvalue weighted by Gasteiger charge is 2.34. The molecule has 0 unspecified atom stereocenters. The fraction of sp³-hybridized carbons (Fsp3) is 0.250. The van der Waals surface area contributed by atoms with Gasteiger partial charge in [-0.2, -0.15) is 0 Å². The number of benzene rings is 2. The average molecular weight is 603 g/mol. The standard InChI is InChI=1S/C32H30N2O8S/c1-5-39-24-14-12-21(16-25(24)40-6-2)28-27(31(38)41-7-3)18(4)33-32-34(28)29(35)26(43-32)17-22-13-15-23(42-22)19-8-10-20(11-9-19)30(36)37/h8-17,28H,5-7H2,1-4H3,(H,36,37)/b26-17-/t28-/m1/s1. The van der Waals surface area contributed by atoms with Crippen molar-refractivity contribution in [3.63, 3.8) is 0 Å². The van der Waals surface area contributed by atoms with E-state index in [1.807, 2.05) is 19.9 Å². The predicted octanol–water partition coefficient (Wildman–Crippen LogP) is 4.55. The van der Waals surface area contributed by atoms with Crippen LogP contribution in [-0.4, -0.2) is 41.4 Å². The number of nitrogens with zero attached hydrogens (tertiary/aromatic N) is 2. The Morgan fingerprint density at radius 2 is 1.72 bits per heavy atom. The lowest BCUT2D eigenvalue weighted by atomic mass is 9.95. The Morgan fingerprint density at radius 1 is 1.00 bits per heavy atom. The Bertz CT molecular complexity index is 1900. The van der Waals surface area contributed by atoms with E-state index in [2.05, 4.69) is 4.99 Å². The molecule has 222 valence electrons. The molecule has 0 amide bonds. The molecule has 0 aliphatic carbocycles. The summed E-state index contributed by atoms with van der Waals surface area (Å²) in [5.41, 5.74) is 1.87. The van der Waals surface area contributed by atoms with Crippen molar-refractivity contribution in [3.05, 3.63) is 102 Å². The molecule has 43 heavy (non-hydrogen) atoms. The van der Waals surface area contributed by atoms with Crippen molar-refractivity contribution in [1.29, 1.82) is 0 Å². The van der Waals surface area contributed by atoms with Crippen LogP contribution in [0, 0.1) is 0 Å². The van der Waals surface area contributed by atoms with Crippen LogP contribution in [0.1, 0.15) is 55.4 Å². The number of carbonyl (C=O) groups excluding carboxylic acids is 1. The van der Waals surface area contributed by atoms with Gasteiger partial charge in [0.1, 0.15) is 11.5 Å². The lowest BCUT2D eigenvalue weighted by Gasteiger charge is -2.25. The monoisotopic (exact) mass is 602 g/mol. The first-order chi connectivity index (χ1) is 20.7. The predicted molar refractivity (Wildman–Crippen MR) is 160 cm³/mol. The van der Waals surface area contributed by atoms with Crippen LogP contribution in [0.15, 0.2) is 80.1 Å². The highest BCUT2D eigenvalue weighted by molar-refractivity contribution is 7.07. The number of ether oxygens (including phenoxy) is 3. The minimum Gasteiger partial charge on any atom is -0.490 e. The summed E-state index contributed by atoms with van der Waals surface area (Å²) >= 11 is 1.18. The number of esters is 1. The van der Waals surface area contributed by atoms with E-state index in [1.54, 1.807) is 56.3 Å². The third-order valence-corrected chi connectivity index (χ3v) is 7.70. The molecule has 11 heteroatoms. The second kappa shape index (κ2) is 12.5. The van der Waals surface area contributed by atoms with Crippen LogP contribution in [0.4, 0.5) is 0 Å². The lowest BCUT2D eigenvalue weighted by molar-refractivity contribution is -0.139. The van der Waals surface area contributed by atoms with Crippen LogP contribution in [0.3, 0.4) is 0 Å². The number of furan rings is 1. The maximum atomic E-state index is 13.9. The summed E-state index contributed by atoms with van der Waals surface area (Å²) in [6, 6.07) is 14.3. The Labute approximate surface area is 250 Å².